The third-order valence-corrected chi connectivity index (χ3v) is 2.44. The zero-order valence-corrected chi connectivity index (χ0v) is 8.82. The van der Waals surface area contributed by atoms with Crippen molar-refractivity contribution in [1.82, 2.24) is 0 Å². The minimum atomic E-state index is 0.875. The van der Waals surface area contributed by atoms with E-state index in [-0.39, 0.29) is 0 Å². The molecular formula is C11H10NOP. The molecule has 14 heavy (non-hydrogen) atoms. The van der Waals surface area contributed by atoms with Crippen LogP contribution in [-0.2, 0) is 0 Å². The second-order valence-corrected chi connectivity index (χ2v) is 3.17. The average Bonchev–Trinajstić information content (AvgIpc) is 2.27. The Bertz CT molecular complexity index is 482. The molecule has 2 nitrogen and oxygen atoms in total. The van der Waals surface area contributed by atoms with Crippen molar-refractivity contribution in [3.05, 3.63) is 36.4 Å². The number of hydrogen-bond acceptors (Lipinski definition) is 2. The van der Waals surface area contributed by atoms with Crippen LogP contribution in [0.15, 0.2) is 41.1 Å². The van der Waals surface area contributed by atoms with Gasteiger partial charge in [-0.3, -0.25) is 0 Å². The van der Waals surface area contributed by atoms with Gasteiger partial charge in [0.05, 0.1) is 12.8 Å². The first-order chi connectivity index (χ1) is 6.86. The zero-order valence-electron chi connectivity index (χ0n) is 7.82. The Morgan fingerprint density at radius 1 is 1.07 bits per heavy atom. The monoisotopic (exact) mass is 203 g/mol. The lowest BCUT2D eigenvalue weighted by atomic mass is 10.1. The number of nitrogens with zero attached hydrogens (tertiary/aromatic N) is 1. The van der Waals surface area contributed by atoms with E-state index < -0.39 is 0 Å². The first-order valence-corrected chi connectivity index (χ1v) is 4.74. The highest BCUT2D eigenvalue weighted by atomic mass is 31.0. The van der Waals surface area contributed by atoms with Gasteiger partial charge in [0.25, 0.3) is 0 Å². The quantitative estimate of drug-likeness (QED) is 0.680. The molecule has 0 aliphatic carbocycles. The van der Waals surface area contributed by atoms with Gasteiger partial charge in [-0.15, -0.1) is 0 Å². The summed E-state index contributed by atoms with van der Waals surface area (Å²) in [6.07, 6.45) is 0. The standard InChI is InChI=1S/C11H10NOP/c1-13-11-7-6-10(12-14)8-4-2-3-5-9(8)11/h2-7,14H,1H3. The van der Waals surface area contributed by atoms with Crippen molar-refractivity contribution in [3.8, 4) is 5.75 Å². The molecule has 0 fully saturated rings. The Morgan fingerprint density at radius 3 is 2.43 bits per heavy atom. The van der Waals surface area contributed by atoms with Gasteiger partial charge in [-0.2, -0.15) is 0 Å². The summed E-state index contributed by atoms with van der Waals surface area (Å²) in [6, 6.07) is 11.9. The van der Waals surface area contributed by atoms with Crippen molar-refractivity contribution in [2.24, 2.45) is 4.74 Å². The maximum absolute atomic E-state index is 5.27. The lowest BCUT2D eigenvalue weighted by Crippen LogP contribution is -1.84. The van der Waals surface area contributed by atoms with E-state index in [1.165, 1.54) is 0 Å². The van der Waals surface area contributed by atoms with Crippen LogP contribution >= 0.6 is 9.03 Å². The maximum Gasteiger partial charge on any atom is 0.126 e. The average molecular weight is 203 g/mol. The van der Waals surface area contributed by atoms with Crippen molar-refractivity contribution in [3.63, 3.8) is 0 Å². The minimum absolute atomic E-state index is 0.875. The topological polar surface area (TPSA) is 21.6 Å². The van der Waals surface area contributed by atoms with E-state index in [0.717, 1.165) is 22.2 Å². The molecule has 3 heteroatoms. The largest absolute Gasteiger partial charge is 0.496 e. The molecule has 0 amide bonds. The molecular weight excluding hydrogens is 193 g/mol. The second-order valence-electron chi connectivity index (χ2n) is 2.94. The number of fused-ring (bicyclic) bond motifs is 1. The van der Waals surface area contributed by atoms with Crippen LogP contribution in [0.4, 0.5) is 5.69 Å². The van der Waals surface area contributed by atoms with Crippen LogP contribution in [0.5, 0.6) is 5.75 Å². The van der Waals surface area contributed by atoms with Crippen LogP contribution in [0, 0.1) is 0 Å². The molecule has 0 heterocycles. The predicted molar refractivity (Wildman–Crippen MR) is 60.9 cm³/mol. The molecule has 0 aromatic heterocycles. The van der Waals surface area contributed by atoms with E-state index in [9.17, 15) is 0 Å². The van der Waals surface area contributed by atoms with Crippen LogP contribution in [0.3, 0.4) is 0 Å². The molecule has 2 rings (SSSR count). The van der Waals surface area contributed by atoms with Gasteiger partial charge in [0.15, 0.2) is 0 Å². The van der Waals surface area contributed by atoms with Crippen molar-refractivity contribution in [2.45, 2.75) is 0 Å². The van der Waals surface area contributed by atoms with Gasteiger partial charge in [0, 0.05) is 10.8 Å². The lowest BCUT2D eigenvalue weighted by molar-refractivity contribution is 0.420. The molecule has 0 atom stereocenters. The van der Waals surface area contributed by atoms with Crippen molar-refractivity contribution < 1.29 is 4.74 Å². The van der Waals surface area contributed by atoms with E-state index in [1.807, 2.05) is 36.4 Å². The van der Waals surface area contributed by atoms with Gasteiger partial charge in [0.1, 0.15) is 5.75 Å². The molecule has 70 valence electrons. The first kappa shape index (κ1) is 9.17. The fraction of sp³-hybridized carbons (Fsp3) is 0.0909. The van der Waals surface area contributed by atoms with Gasteiger partial charge in [0.2, 0.25) is 0 Å². The number of ether oxygens (including phenoxy) is 1. The third-order valence-electron chi connectivity index (χ3n) is 2.20. The molecule has 2 aromatic carbocycles. The van der Waals surface area contributed by atoms with Crippen LogP contribution in [0.1, 0.15) is 0 Å². The van der Waals surface area contributed by atoms with Gasteiger partial charge < -0.3 is 4.74 Å². The fourth-order valence-corrected chi connectivity index (χ4v) is 1.73. The van der Waals surface area contributed by atoms with Crippen molar-refractivity contribution in [1.29, 1.82) is 0 Å². The van der Waals surface area contributed by atoms with Gasteiger partial charge in [-0.05, 0) is 21.2 Å². The molecule has 0 aliphatic rings. The molecule has 0 N–H and O–H groups in total. The number of methoxy groups -OCH3 is 1. The summed E-state index contributed by atoms with van der Waals surface area (Å²) in [5, 5.41) is 2.16. The third kappa shape index (κ3) is 1.38. The van der Waals surface area contributed by atoms with Crippen LogP contribution < -0.4 is 4.74 Å². The number of hydrogen-bond donors (Lipinski definition) is 0. The number of benzene rings is 2. The summed E-state index contributed by atoms with van der Waals surface area (Å²) < 4.78 is 9.29. The molecule has 0 radical (unpaired) electrons. The summed E-state index contributed by atoms with van der Waals surface area (Å²) in [7, 11) is 4.83. The Labute approximate surface area is 84.8 Å². The van der Waals surface area contributed by atoms with Crippen LogP contribution in [0.2, 0.25) is 0 Å². The fourth-order valence-electron chi connectivity index (χ4n) is 1.53. The Morgan fingerprint density at radius 2 is 1.79 bits per heavy atom. The highest BCUT2D eigenvalue weighted by Gasteiger charge is 2.03. The van der Waals surface area contributed by atoms with Crippen LogP contribution in [-0.4, -0.2) is 7.11 Å². The molecule has 2 aromatic rings. The minimum Gasteiger partial charge on any atom is -0.496 e. The zero-order chi connectivity index (χ0) is 9.97. The summed E-state index contributed by atoms with van der Waals surface area (Å²) in [6.45, 7) is 0. The molecule has 0 bridgehead atoms. The SMILES string of the molecule is COc1ccc(N=P)c2ccccc12. The molecule has 0 unspecified atom stereocenters. The lowest BCUT2D eigenvalue weighted by Gasteiger charge is -2.06. The first-order valence-electron chi connectivity index (χ1n) is 4.30. The van der Waals surface area contributed by atoms with Crippen molar-refractivity contribution >= 4 is 25.5 Å². The Hall–Kier alpha value is -1.40. The molecule has 0 spiro atoms. The number of rotatable bonds is 2. The van der Waals surface area contributed by atoms with Gasteiger partial charge in [-0.1, -0.05) is 24.3 Å². The van der Waals surface area contributed by atoms with Crippen LogP contribution in [0.25, 0.3) is 10.8 Å². The highest BCUT2D eigenvalue weighted by molar-refractivity contribution is 7.04. The highest BCUT2D eigenvalue weighted by Crippen LogP contribution is 2.33. The van der Waals surface area contributed by atoms with E-state index in [1.54, 1.807) is 7.11 Å². The summed E-state index contributed by atoms with van der Waals surface area (Å²) in [5.74, 6) is 0.875. The van der Waals surface area contributed by atoms with Gasteiger partial charge in [-0.25, -0.2) is 4.74 Å². The normalized spacial score (nSPS) is 10.1. The molecule has 0 saturated heterocycles. The van der Waals surface area contributed by atoms with E-state index in [4.69, 9.17) is 4.74 Å². The van der Waals surface area contributed by atoms with E-state index in [0.29, 0.717) is 0 Å². The predicted octanol–water partition coefficient (Wildman–Crippen LogP) is 3.81. The Balaban J connectivity index is 2.84. The maximum atomic E-state index is 5.27. The molecule has 0 saturated carbocycles. The van der Waals surface area contributed by atoms with Crippen molar-refractivity contribution in [2.75, 3.05) is 7.11 Å². The Kier molecular flexibility index (Phi) is 2.47. The summed E-state index contributed by atoms with van der Waals surface area (Å²) in [4.78, 5) is 0. The van der Waals surface area contributed by atoms with Gasteiger partial charge >= 0.3 is 0 Å². The smallest absolute Gasteiger partial charge is 0.126 e. The summed E-state index contributed by atoms with van der Waals surface area (Å²) in [5.41, 5.74) is 0.915. The molecule has 0 aliphatic heterocycles. The second kappa shape index (κ2) is 3.77. The van der Waals surface area contributed by atoms with E-state index in [2.05, 4.69) is 13.8 Å². The summed E-state index contributed by atoms with van der Waals surface area (Å²) >= 11 is 0. The van der Waals surface area contributed by atoms with E-state index >= 15 is 0 Å².